The highest BCUT2D eigenvalue weighted by atomic mass is 19.1. The number of esters is 1. The quantitative estimate of drug-likeness (QED) is 0.769. The van der Waals surface area contributed by atoms with E-state index in [4.69, 9.17) is 4.74 Å². The minimum Gasteiger partial charge on any atom is -0.461 e. The fourth-order valence-corrected chi connectivity index (χ4v) is 3.03. The van der Waals surface area contributed by atoms with E-state index in [1.165, 1.54) is 24.3 Å². The Hall–Kier alpha value is -2.27. The number of halogens is 2. The Morgan fingerprint density at radius 1 is 0.920 bits per heavy atom. The third kappa shape index (κ3) is 5.10. The summed E-state index contributed by atoms with van der Waals surface area (Å²) in [5.74, 6) is -0.814. The molecule has 3 rings (SSSR count). The summed E-state index contributed by atoms with van der Waals surface area (Å²) in [6.07, 6.45) is 1.51. The number of carbonyl (C=O) groups is 1. The average molecular weight is 345 g/mol. The molecule has 1 aliphatic rings. The Kier molecular flexibility index (Phi) is 5.76. The van der Waals surface area contributed by atoms with Gasteiger partial charge in [0.25, 0.3) is 0 Å². The lowest BCUT2D eigenvalue weighted by Gasteiger charge is -2.30. The number of benzene rings is 2. The maximum absolute atomic E-state index is 12.9. The molecule has 0 spiro atoms. The molecule has 0 atom stereocenters. The van der Waals surface area contributed by atoms with Crippen LogP contribution in [0.3, 0.4) is 0 Å². The molecule has 25 heavy (non-hydrogen) atoms. The molecule has 1 fully saturated rings. The number of likely N-dealkylation sites (tertiary alicyclic amines) is 1. The molecule has 1 aliphatic heterocycles. The van der Waals surface area contributed by atoms with Crippen molar-refractivity contribution in [3.05, 3.63) is 71.3 Å². The molecule has 0 aromatic heterocycles. The summed E-state index contributed by atoms with van der Waals surface area (Å²) in [5.41, 5.74) is 1.85. The Morgan fingerprint density at radius 2 is 1.44 bits per heavy atom. The third-order valence-electron chi connectivity index (χ3n) is 4.53. The molecule has 1 saturated heterocycles. The molecule has 2 aromatic carbocycles. The molecule has 3 nitrogen and oxygen atoms in total. The summed E-state index contributed by atoms with van der Waals surface area (Å²) in [4.78, 5) is 14.4. The molecule has 0 N–H and O–H groups in total. The highest BCUT2D eigenvalue weighted by Crippen LogP contribution is 2.21. The van der Waals surface area contributed by atoms with Crippen LogP contribution in [0.1, 0.15) is 24.0 Å². The third-order valence-corrected chi connectivity index (χ3v) is 4.53. The number of piperidine rings is 1. The molecule has 0 amide bonds. The van der Waals surface area contributed by atoms with E-state index in [2.05, 4.69) is 4.90 Å². The standard InChI is InChI=1S/C20H21F2NO2/c21-18-5-1-15(2-6-18)13-23-11-9-17(10-12-23)20(24)25-14-16-3-7-19(22)8-4-16/h1-8,17H,9-14H2. The van der Waals surface area contributed by atoms with Gasteiger partial charge in [-0.15, -0.1) is 0 Å². The first kappa shape index (κ1) is 17.5. The molecule has 132 valence electrons. The van der Waals surface area contributed by atoms with Gasteiger partial charge in [0.15, 0.2) is 0 Å². The maximum Gasteiger partial charge on any atom is 0.309 e. The molecule has 0 unspecified atom stereocenters. The van der Waals surface area contributed by atoms with E-state index >= 15 is 0 Å². The highest BCUT2D eigenvalue weighted by molar-refractivity contribution is 5.72. The van der Waals surface area contributed by atoms with E-state index < -0.39 is 0 Å². The second kappa shape index (κ2) is 8.21. The van der Waals surface area contributed by atoms with E-state index in [1.807, 2.05) is 0 Å². The van der Waals surface area contributed by atoms with Gasteiger partial charge in [0.05, 0.1) is 5.92 Å². The zero-order chi connectivity index (χ0) is 17.6. The SMILES string of the molecule is O=C(OCc1ccc(F)cc1)C1CCN(Cc2ccc(F)cc2)CC1. The monoisotopic (exact) mass is 345 g/mol. The van der Waals surface area contributed by atoms with Crippen molar-refractivity contribution in [1.82, 2.24) is 4.90 Å². The molecular weight excluding hydrogens is 324 g/mol. The normalized spacial score (nSPS) is 15.9. The van der Waals surface area contributed by atoms with Crippen LogP contribution >= 0.6 is 0 Å². The van der Waals surface area contributed by atoms with Gasteiger partial charge in [0.2, 0.25) is 0 Å². The van der Waals surface area contributed by atoms with Crippen LogP contribution in [0.25, 0.3) is 0 Å². The number of nitrogens with zero attached hydrogens (tertiary/aromatic N) is 1. The number of carbonyl (C=O) groups excluding carboxylic acids is 1. The van der Waals surface area contributed by atoms with E-state index in [1.54, 1.807) is 24.3 Å². The fraction of sp³-hybridized carbons (Fsp3) is 0.350. The minimum absolute atomic E-state index is 0.0927. The van der Waals surface area contributed by atoms with Crippen LogP contribution in [0.2, 0.25) is 0 Å². The fourth-order valence-electron chi connectivity index (χ4n) is 3.03. The number of rotatable bonds is 5. The number of ether oxygens (including phenoxy) is 1. The molecule has 0 saturated carbocycles. The highest BCUT2D eigenvalue weighted by Gasteiger charge is 2.26. The van der Waals surface area contributed by atoms with E-state index in [9.17, 15) is 13.6 Å². The Bertz CT molecular complexity index is 693. The number of hydrogen-bond donors (Lipinski definition) is 0. The lowest BCUT2D eigenvalue weighted by molar-refractivity contribution is -0.151. The first-order valence-electron chi connectivity index (χ1n) is 8.48. The summed E-state index contributed by atoms with van der Waals surface area (Å²) >= 11 is 0. The van der Waals surface area contributed by atoms with Gasteiger partial charge in [-0.3, -0.25) is 9.69 Å². The van der Waals surface area contributed by atoms with Crippen LogP contribution in [0.5, 0.6) is 0 Å². The molecule has 5 heteroatoms. The van der Waals surface area contributed by atoms with Crippen molar-refractivity contribution < 1.29 is 18.3 Å². The minimum atomic E-state index is -0.302. The molecular formula is C20H21F2NO2. The van der Waals surface area contributed by atoms with Gasteiger partial charge in [-0.2, -0.15) is 0 Å². The van der Waals surface area contributed by atoms with Gasteiger partial charge in [0.1, 0.15) is 18.2 Å². The van der Waals surface area contributed by atoms with E-state index in [0.717, 1.165) is 43.6 Å². The molecule has 0 aliphatic carbocycles. The summed E-state index contributed by atoms with van der Waals surface area (Å²) in [5, 5.41) is 0. The van der Waals surface area contributed by atoms with Crippen molar-refractivity contribution in [2.24, 2.45) is 5.92 Å². The van der Waals surface area contributed by atoms with Crippen molar-refractivity contribution in [3.63, 3.8) is 0 Å². The van der Waals surface area contributed by atoms with Gasteiger partial charge in [-0.25, -0.2) is 8.78 Å². The Labute approximate surface area is 146 Å². The summed E-state index contributed by atoms with van der Waals surface area (Å²) in [6.45, 7) is 2.56. The summed E-state index contributed by atoms with van der Waals surface area (Å²) < 4.78 is 31.1. The summed E-state index contributed by atoms with van der Waals surface area (Å²) in [6, 6.07) is 12.5. The van der Waals surface area contributed by atoms with E-state index in [0.29, 0.717) is 0 Å². The van der Waals surface area contributed by atoms with Crippen molar-refractivity contribution in [1.29, 1.82) is 0 Å². The molecule has 0 bridgehead atoms. The Morgan fingerprint density at radius 3 is 2.00 bits per heavy atom. The van der Waals surface area contributed by atoms with Crippen LogP contribution in [0.4, 0.5) is 8.78 Å². The van der Waals surface area contributed by atoms with Crippen LogP contribution in [0.15, 0.2) is 48.5 Å². The van der Waals surface area contributed by atoms with Crippen LogP contribution in [-0.4, -0.2) is 24.0 Å². The van der Waals surface area contributed by atoms with Crippen LogP contribution in [0, 0.1) is 17.6 Å². The first-order valence-corrected chi connectivity index (χ1v) is 8.48. The Balaban J connectivity index is 1.42. The van der Waals surface area contributed by atoms with Gasteiger partial charge < -0.3 is 4.74 Å². The smallest absolute Gasteiger partial charge is 0.309 e. The topological polar surface area (TPSA) is 29.5 Å². The zero-order valence-electron chi connectivity index (χ0n) is 14.0. The lowest BCUT2D eigenvalue weighted by atomic mass is 9.96. The van der Waals surface area contributed by atoms with Gasteiger partial charge in [-0.1, -0.05) is 24.3 Å². The van der Waals surface area contributed by atoms with Crippen molar-refractivity contribution in [3.8, 4) is 0 Å². The number of hydrogen-bond acceptors (Lipinski definition) is 3. The van der Waals surface area contributed by atoms with Crippen molar-refractivity contribution >= 4 is 5.97 Å². The van der Waals surface area contributed by atoms with Gasteiger partial charge in [0, 0.05) is 6.54 Å². The predicted molar refractivity (Wildman–Crippen MR) is 90.6 cm³/mol. The van der Waals surface area contributed by atoms with Gasteiger partial charge in [-0.05, 0) is 61.3 Å². The van der Waals surface area contributed by atoms with Crippen LogP contribution in [-0.2, 0) is 22.7 Å². The van der Waals surface area contributed by atoms with Crippen molar-refractivity contribution in [2.45, 2.75) is 26.0 Å². The molecule has 2 aromatic rings. The lowest BCUT2D eigenvalue weighted by Crippen LogP contribution is -2.36. The summed E-state index contributed by atoms with van der Waals surface area (Å²) in [7, 11) is 0. The zero-order valence-corrected chi connectivity index (χ0v) is 14.0. The molecule has 1 heterocycles. The van der Waals surface area contributed by atoms with Gasteiger partial charge >= 0.3 is 5.97 Å². The second-order valence-electron chi connectivity index (χ2n) is 6.41. The first-order chi connectivity index (χ1) is 12.1. The van der Waals surface area contributed by atoms with Crippen LogP contribution < -0.4 is 0 Å². The largest absolute Gasteiger partial charge is 0.461 e. The maximum atomic E-state index is 12.9. The predicted octanol–water partition coefficient (Wildman–Crippen LogP) is 3.92. The average Bonchev–Trinajstić information content (AvgIpc) is 2.63. The van der Waals surface area contributed by atoms with E-state index in [-0.39, 0.29) is 30.1 Å². The van der Waals surface area contributed by atoms with Crippen molar-refractivity contribution in [2.75, 3.05) is 13.1 Å². The second-order valence-corrected chi connectivity index (χ2v) is 6.41. The molecule has 0 radical (unpaired) electrons.